The molecule has 2 aromatic carbocycles. The number of methoxy groups -OCH3 is 2. The molecule has 0 heterocycles. The molecule has 4 heteroatoms. The lowest BCUT2D eigenvalue weighted by atomic mass is 9.61. The molecule has 3 aliphatic carbocycles. The molecule has 0 saturated carbocycles. The van der Waals surface area contributed by atoms with Crippen LogP contribution in [0.5, 0.6) is 5.75 Å². The van der Waals surface area contributed by atoms with Gasteiger partial charge in [0.25, 0.3) is 0 Å². The molecule has 4 nitrogen and oxygen atoms in total. The van der Waals surface area contributed by atoms with Gasteiger partial charge in [-0.1, -0.05) is 72.4 Å². The first-order chi connectivity index (χ1) is 17.3. The summed E-state index contributed by atoms with van der Waals surface area (Å²) in [6, 6.07) is 17.7. The Morgan fingerprint density at radius 2 is 1.51 bits per heavy atom. The predicted molar refractivity (Wildman–Crippen MR) is 139 cm³/mol. The van der Waals surface area contributed by atoms with Crippen LogP contribution in [0.15, 0.2) is 96.3 Å². The van der Waals surface area contributed by atoms with Crippen molar-refractivity contribution in [3.8, 4) is 5.75 Å². The van der Waals surface area contributed by atoms with Crippen LogP contribution in [0, 0.1) is 5.92 Å². The third-order valence-electron chi connectivity index (χ3n) is 7.44. The van der Waals surface area contributed by atoms with Crippen LogP contribution in [0.1, 0.15) is 35.4 Å². The molecule has 0 radical (unpaired) electrons. The molecular weight excluding hydrogens is 436 g/mol. The zero-order valence-electron chi connectivity index (χ0n) is 20.6. The van der Waals surface area contributed by atoms with Gasteiger partial charge in [0.2, 0.25) is 0 Å². The first kappa shape index (κ1) is 23.7. The van der Waals surface area contributed by atoms with Gasteiger partial charge in [0, 0.05) is 37.9 Å². The van der Waals surface area contributed by atoms with Crippen LogP contribution in [0.4, 0.5) is 0 Å². The van der Waals surface area contributed by atoms with E-state index in [0.29, 0.717) is 38.3 Å². The fourth-order valence-electron chi connectivity index (χ4n) is 5.94. The molecule has 182 valence electrons. The lowest BCUT2D eigenvalue weighted by molar-refractivity contribution is 0.105. The van der Waals surface area contributed by atoms with Gasteiger partial charge in [-0.15, -0.1) is 0 Å². The Bertz CT molecular complexity index is 1140. The average molecular weight is 471 g/mol. The van der Waals surface area contributed by atoms with Crippen molar-refractivity contribution in [2.24, 2.45) is 5.92 Å². The summed E-state index contributed by atoms with van der Waals surface area (Å²) in [5.74, 6) is 2.58. The number of hydrogen-bond acceptors (Lipinski definition) is 4. The number of benzene rings is 2. The van der Waals surface area contributed by atoms with Gasteiger partial charge in [-0.3, -0.25) is 0 Å². The average Bonchev–Trinajstić information content (AvgIpc) is 3.21. The first-order valence-electron chi connectivity index (χ1n) is 12.5. The van der Waals surface area contributed by atoms with Crippen molar-refractivity contribution < 1.29 is 18.9 Å². The van der Waals surface area contributed by atoms with E-state index in [-0.39, 0.29) is 5.41 Å². The van der Waals surface area contributed by atoms with Crippen LogP contribution in [0.25, 0.3) is 0 Å². The zero-order valence-corrected chi connectivity index (χ0v) is 20.6. The van der Waals surface area contributed by atoms with Gasteiger partial charge in [0.15, 0.2) is 0 Å². The SMILES string of the molecule is COCCOC1=CC=C(C2(c3ccc(OCCOC)cc3)c3ccccc3C3C=CC=CC32)CC1. The highest BCUT2D eigenvalue weighted by Crippen LogP contribution is 2.60. The molecule has 0 saturated heterocycles. The summed E-state index contributed by atoms with van der Waals surface area (Å²) in [6.07, 6.45) is 15.5. The van der Waals surface area contributed by atoms with Crippen LogP contribution in [0.2, 0.25) is 0 Å². The Hall–Kier alpha value is -3.08. The van der Waals surface area contributed by atoms with Crippen molar-refractivity contribution in [1.82, 2.24) is 0 Å². The van der Waals surface area contributed by atoms with Crippen molar-refractivity contribution in [1.29, 1.82) is 0 Å². The molecule has 3 aliphatic rings. The molecular formula is C31H34O4. The van der Waals surface area contributed by atoms with E-state index in [2.05, 4.69) is 85.0 Å². The molecule has 0 aromatic heterocycles. The second-order valence-corrected chi connectivity index (χ2v) is 9.25. The molecule has 0 N–H and O–H groups in total. The van der Waals surface area contributed by atoms with Crippen LogP contribution in [-0.2, 0) is 19.6 Å². The van der Waals surface area contributed by atoms with Crippen LogP contribution >= 0.6 is 0 Å². The summed E-state index contributed by atoms with van der Waals surface area (Å²) in [5.41, 5.74) is 5.33. The van der Waals surface area contributed by atoms with Gasteiger partial charge >= 0.3 is 0 Å². The topological polar surface area (TPSA) is 36.9 Å². The monoisotopic (exact) mass is 470 g/mol. The Kier molecular flexibility index (Phi) is 7.21. The minimum absolute atomic E-state index is 0.234. The van der Waals surface area contributed by atoms with Gasteiger partial charge in [0.1, 0.15) is 19.0 Å². The van der Waals surface area contributed by atoms with E-state index < -0.39 is 0 Å². The summed E-state index contributed by atoms with van der Waals surface area (Å²) in [7, 11) is 3.39. The van der Waals surface area contributed by atoms with E-state index in [0.717, 1.165) is 24.4 Å². The molecule has 0 amide bonds. The fourth-order valence-corrected chi connectivity index (χ4v) is 5.94. The van der Waals surface area contributed by atoms with Crippen molar-refractivity contribution in [2.75, 3.05) is 40.6 Å². The largest absolute Gasteiger partial charge is 0.496 e. The van der Waals surface area contributed by atoms with E-state index in [1.165, 1.54) is 22.3 Å². The molecule has 5 rings (SSSR count). The van der Waals surface area contributed by atoms with Crippen LogP contribution < -0.4 is 4.74 Å². The number of ether oxygens (including phenoxy) is 4. The highest BCUT2D eigenvalue weighted by molar-refractivity contribution is 5.62. The number of fused-ring (bicyclic) bond motifs is 3. The van der Waals surface area contributed by atoms with Gasteiger partial charge in [-0.2, -0.15) is 0 Å². The van der Waals surface area contributed by atoms with Gasteiger partial charge < -0.3 is 18.9 Å². The minimum Gasteiger partial charge on any atom is -0.496 e. The second kappa shape index (κ2) is 10.7. The summed E-state index contributed by atoms with van der Waals surface area (Å²) in [5, 5.41) is 0. The maximum Gasteiger partial charge on any atom is 0.119 e. The Labute approximate surface area is 208 Å². The normalized spacial score (nSPS) is 24.4. The fraction of sp³-hybridized carbons (Fsp3) is 0.355. The molecule has 2 aromatic rings. The Balaban J connectivity index is 1.59. The molecule has 35 heavy (non-hydrogen) atoms. The van der Waals surface area contributed by atoms with Gasteiger partial charge in [0.05, 0.1) is 19.0 Å². The molecule has 0 spiro atoms. The molecule has 0 bridgehead atoms. The van der Waals surface area contributed by atoms with E-state index in [9.17, 15) is 0 Å². The van der Waals surface area contributed by atoms with Crippen molar-refractivity contribution in [3.05, 3.63) is 113 Å². The molecule has 0 aliphatic heterocycles. The predicted octanol–water partition coefficient (Wildman–Crippen LogP) is 6.10. The van der Waals surface area contributed by atoms with Crippen molar-refractivity contribution in [3.63, 3.8) is 0 Å². The summed E-state index contributed by atoms with van der Waals surface area (Å²) >= 11 is 0. The maximum atomic E-state index is 5.95. The highest BCUT2D eigenvalue weighted by atomic mass is 16.5. The maximum absolute atomic E-state index is 5.95. The van der Waals surface area contributed by atoms with E-state index in [1.54, 1.807) is 14.2 Å². The summed E-state index contributed by atoms with van der Waals surface area (Å²) < 4.78 is 22.1. The smallest absolute Gasteiger partial charge is 0.119 e. The number of rotatable bonds is 10. The third kappa shape index (κ3) is 4.37. The Morgan fingerprint density at radius 1 is 0.771 bits per heavy atom. The lowest BCUT2D eigenvalue weighted by Gasteiger charge is -2.41. The first-order valence-corrected chi connectivity index (χ1v) is 12.5. The van der Waals surface area contributed by atoms with Crippen LogP contribution in [0.3, 0.4) is 0 Å². The number of allylic oxidation sites excluding steroid dienone is 8. The van der Waals surface area contributed by atoms with Gasteiger partial charge in [-0.25, -0.2) is 0 Å². The molecule has 3 unspecified atom stereocenters. The highest BCUT2D eigenvalue weighted by Gasteiger charge is 2.53. The van der Waals surface area contributed by atoms with E-state index in [4.69, 9.17) is 18.9 Å². The second-order valence-electron chi connectivity index (χ2n) is 9.25. The standard InChI is InChI=1S/C31H34O4/c1-32-19-21-34-25-15-11-23(12-16-25)31(24-13-17-26(18-14-24)35-22-20-33-2)29-9-5-3-7-27(29)28-8-4-6-10-30(28)31/h3-13,15-17,27,29H,14,18-22H2,1-2H3. The van der Waals surface area contributed by atoms with Crippen molar-refractivity contribution in [2.45, 2.75) is 24.2 Å². The Morgan fingerprint density at radius 3 is 2.26 bits per heavy atom. The van der Waals surface area contributed by atoms with E-state index in [1.807, 2.05) is 0 Å². The third-order valence-corrected chi connectivity index (χ3v) is 7.44. The quantitative estimate of drug-likeness (QED) is 0.393. The summed E-state index contributed by atoms with van der Waals surface area (Å²) in [4.78, 5) is 0. The van der Waals surface area contributed by atoms with Gasteiger partial charge in [-0.05, 0) is 41.3 Å². The minimum atomic E-state index is -0.234. The molecule has 0 fully saturated rings. The zero-order chi connectivity index (χ0) is 24.1. The van der Waals surface area contributed by atoms with Crippen LogP contribution in [-0.4, -0.2) is 40.6 Å². The molecule has 3 atom stereocenters. The van der Waals surface area contributed by atoms with E-state index >= 15 is 0 Å². The lowest BCUT2D eigenvalue weighted by Crippen LogP contribution is -2.36. The summed E-state index contributed by atoms with van der Waals surface area (Å²) in [6.45, 7) is 2.31. The van der Waals surface area contributed by atoms with Crippen molar-refractivity contribution >= 4 is 0 Å². The number of hydrogen-bond donors (Lipinski definition) is 0.